The standard InChI is InChI=1S/C20H24N2O5/c1-14(2)13-27-16-7-5-15(6-8-16)19(24)22-18(20(25)21-9-10-23)12-17-4-3-11-26-17/h3-8,11-12,14,23H,9-10,13H2,1-2H3,(H,21,25)(H,22,24)/b18-12+. The summed E-state index contributed by atoms with van der Waals surface area (Å²) >= 11 is 0. The van der Waals surface area contributed by atoms with E-state index in [9.17, 15) is 9.59 Å². The van der Waals surface area contributed by atoms with Crippen molar-refractivity contribution in [3.05, 3.63) is 59.7 Å². The van der Waals surface area contributed by atoms with Crippen LogP contribution in [-0.4, -0.2) is 36.7 Å². The first kappa shape index (κ1) is 20.3. The highest BCUT2D eigenvalue weighted by Crippen LogP contribution is 2.14. The number of furan rings is 1. The molecular weight excluding hydrogens is 348 g/mol. The predicted octanol–water partition coefficient (Wildman–Crippen LogP) is 2.19. The largest absolute Gasteiger partial charge is 0.493 e. The van der Waals surface area contributed by atoms with Crippen molar-refractivity contribution < 1.29 is 23.8 Å². The Morgan fingerprint density at radius 3 is 2.56 bits per heavy atom. The summed E-state index contributed by atoms with van der Waals surface area (Å²) < 4.78 is 10.8. The molecule has 0 bridgehead atoms. The van der Waals surface area contributed by atoms with Gasteiger partial charge in [0.05, 0.1) is 19.5 Å². The molecule has 2 amide bonds. The number of aliphatic hydroxyl groups excluding tert-OH is 1. The molecule has 0 atom stereocenters. The van der Waals surface area contributed by atoms with Crippen molar-refractivity contribution in [3.8, 4) is 5.75 Å². The van der Waals surface area contributed by atoms with E-state index in [1.807, 2.05) is 0 Å². The summed E-state index contributed by atoms with van der Waals surface area (Å²) in [4.78, 5) is 24.7. The second kappa shape index (κ2) is 10.2. The van der Waals surface area contributed by atoms with Crippen molar-refractivity contribution in [2.45, 2.75) is 13.8 Å². The van der Waals surface area contributed by atoms with Gasteiger partial charge >= 0.3 is 0 Å². The fraction of sp³-hybridized carbons (Fsp3) is 0.300. The smallest absolute Gasteiger partial charge is 0.268 e. The highest BCUT2D eigenvalue weighted by Gasteiger charge is 2.15. The molecule has 7 heteroatoms. The van der Waals surface area contributed by atoms with Crippen LogP contribution in [0.4, 0.5) is 0 Å². The summed E-state index contributed by atoms with van der Waals surface area (Å²) in [6.07, 6.45) is 2.89. The Bertz CT molecular complexity index is 764. The molecule has 0 aliphatic carbocycles. The Labute approximate surface area is 158 Å². The van der Waals surface area contributed by atoms with Gasteiger partial charge in [-0.3, -0.25) is 9.59 Å². The molecule has 2 rings (SSSR count). The minimum absolute atomic E-state index is 0.0172. The van der Waals surface area contributed by atoms with Crippen molar-refractivity contribution in [1.82, 2.24) is 10.6 Å². The SMILES string of the molecule is CC(C)COc1ccc(C(=O)N/C(=C/c2ccco2)C(=O)NCCO)cc1. The second-order valence-electron chi connectivity index (χ2n) is 6.24. The van der Waals surface area contributed by atoms with Crippen LogP contribution < -0.4 is 15.4 Å². The van der Waals surface area contributed by atoms with E-state index in [1.54, 1.807) is 36.4 Å². The zero-order valence-electron chi connectivity index (χ0n) is 15.4. The summed E-state index contributed by atoms with van der Waals surface area (Å²) in [5.74, 6) is 0.530. The lowest BCUT2D eigenvalue weighted by atomic mass is 10.2. The van der Waals surface area contributed by atoms with E-state index < -0.39 is 11.8 Å². The monoisotopic (exact) mass is 372 g/mol. The molecule has 0 saturated carbocycles. The lowest BCUT2D eigenvalue weighted by Gasteiger charge is -2.11. The normalized spacial score (nSPS) is 11.3. The van der Waals surface area contributed by atoms with Gasteiger partial charge in [-0.1, -0.05) is 13.8 Å². The average Bonchev–Trinajstić information content (AvgIpc) is 3.17. The topological polar surface area (TPSA) is 101 Å². The number of aliphatic hydroxyl groups is 1. The highest BCUT2D eigenvalue weighted by molar-refractivity contribution is 6.05. The molecular formula is C20H24N2O5. The van der Waals surface area contributed by atoms with Gasteiger partial charge in [0.25, 0.3) is 11.8 Å². The van der Waals surface area contributed by atoms with Crippen molar-refractivity contribution in [3.63, 3.8) is 0 Å². The lowest BCUT2D eigenvalue weighted by Crippen LogP contribution is -2.36. The van der Waals surface area contributed by atoms with Gasteiger partial charge < -0.3 is 24.9 Å². The summed E-state index contributed by atoms with van der Waals surface area (Å²) in [5.41, 5.74) is 0.399. The van der Waals surface area contributed by atoms with E-state index >= 15 is 0 Å². The van der Waals surface area contributed by atoms with Crippen LogP contribution in [0.3, 0.4) is 0 Å². The van der Waals surface area contributed by atoms with Crippen molar-refractivity contribution in [1.29, 1.82) is 0 Å². The third-order valence-corrected chi connectivity index (χ3v) is 3.42. The maximum absolute atomic E-state index is 12.5. The van der Waals surface area contributed by atoms with Crippen LogP contribution >= 0.6 is 0 Å². The van der Waals surface area contributed by atoms with Crippen molar-refractivity contribution in [2.75, 3.05) is 19.8 Å². The molecule has 0 fully saturated rings. The first-order valence-corrected chi connectivity index (χ1v) is 8.68. The Kier molecular flexibility index (Phi) is 7.63. The summed E-state index contributed by atoms with van der Waals surface area (Å²) in [7, 11) is 0. The van der Waals surface area contributed by atoms with Gasteiger partial charge in [0.15, 0.2) is 0 Å². The zero-order valence-corrected chi connectivity index (χ0v) is 15.4. The van der Waals surface area contributed by atoms with Gasteiger partial charge in [0.1, 0.15) is 17.2 Å². The molecule has 0 spiro atoms. The average molecular weight is 372 g/mol. The minimum atomic E-state index is -0.523. The number of amides is 2. The fourth-order valence-electron chi connectivity index (χ4n) is 2.10. The highest BCUT2D eigenvalue weighted by atomic mass is 16.5. The van der Waals surface area contributed by atoms with Gasteiger partial charge in [0.2, 0.25) is 0 Å². The van der Waals surface area contributed by atoms with Crippen LogP contribution in [0.25, 0.3) is 6.08 Å². The fourth-order valence-corrected chi connectivity index (χ4v) is 2.10. The van der Waals surface area contributed by atoms with Gasteiger partial charge in [-0.05, 0) is 42.3 Å². The minimum Gasteiger partial charge on any atom is -0.493 e. The molecule has 1 aromatic heterocycles. The molecule has 1 aromatic carbocycles. The number of hydrogen-bond acceptors (Lipinski definition) is 5. The van der Waals surface area contributed by atoms with Crippen LogP contribution in [0.5, 0.6) is 5.75 Å². The van der Waals surface area contributed by atoms with Crippen LogP contribution in [0.1, 0.15) is 30.0 Å². The van der Waals surface area contributed by atoms with Gasteiger partial charge in [0, 0.05) is 18.2 Å². The molecule has 2 aromatic rings. The van der Waals surface area contributed by atoms with E-state index in [-0.39, 0.29) is 18.8 Å². The number of nitrogens with one attached hydrogen (secondary N) is 2. The number of carbonyl (C=O) groups excluding carboxylic acids is 2. The maximum atomic E-state index is 12.5. The van der Waals surface area contributed by atoms with Crippen LogP contribution in [0.15, 0.2) is 52.8 Å². The molecule has 144 valence electrons. The van der Waals surface area contributed by atoms with E-state index in [0.717, 1.165) is 0 Å². The third kappa shape index (κ3) is 6.63. The van der Waals surface area contributed by atoms with Gasteiger partial charge in [-0.15, -0.1) is 0 Å². The molecule has 0 aliphatic rings. The van der Waals surface area contributed by atoms with Crippen LogP contribution in [-0.2, 0) is 4.79 Å². The van der Waals surface area contributed by atoms with Gasteiger partial charge in [-0.25, -0.2) is 0 Å². The maximum Gasteiger partial charge on any atom is 0.268 e. The first-order chi connectivity index (χ1) is 13.0. The van der Waals surface area contributed by atoms with Crippen LogP contribution in [0, 0.1) is 5.92 Å². The van der Waals surface area contributed by atoms with E-state index in [0.29, 0.717) is 29.6 Å². The molecule has 27 heavy (non-hydrogen) atoms. The quantitative estimate of drug-likeness (QED) is 0.586. The second-order valence-corrected chi connectivity index (χ2v) is 6.24. The number of rotatable bonds is 9. The van der Waals surface area contributed by atoms with E-state index in [1.165, 1.54) is 12.3 Å². The summed E-state index contributed by atoms with van der Waals surface area (Å²) in [5, 5.41) is 13.9. The Balaban J connectivity index is 2.09. The number of hydrogen-bond donors (Lipinski definition) is 3. The molecule has 0 unspecified atom stereocenters. The summed E-state index contributed by atoms with van der Waals surface area (Å²) in [6, 6.07) is 10.00. The van der Waals surface area contributed by atoms with Crippen LogP contribution in [0.2, 0.25) is 0 Å². The molecule has 7 nitrogen and oxygen atoms in total. The molecule has 1 heterocycles. The van der Waals surface area contributed by atoms with E-state index in [4.69, 9.17) is 14.3 Å². The van der Waals surface area contributed by atoms with Crippen molar-refractivity contribution >= 4 is 17.9 Å². The summed E-state index contributed by atoms with van der Waals surface area (Å²) in [6.45, 7) is 4.57. The molecule has 0 saturated heterocycles. The molecule has 0 aliphatic heterocycles. The lowest BCUT2D eigenvalue weighted by molar-refractivity contribution is -0.117. The Morgan fingerprint density at radius 1 is 1.22 bits per heavy atom. The number of benzene rings is 1. The Morgan fingerprint density at radius 2 is 1.96 bits per heavy atom. The molecule has 3 N–H and O–H groups in total. The van der Waals surface area contributed by atoms with Crippen molar-refractivity contribution in [2.24, 2.45) is 5.92 Å². The number of ether oxygens (including phenoxy) is 1. The van der Waals surface area contributed by atoms with E-state index in [2.05, 4.69) is 24.5 Å². The zero-order chi connectivity index (χ0) is 19.6. The predicted molar refractivity (Wildman–Crippen MR) is 101 cm³/mol. The van der Waals surface area contributed by atoms with Gasteiger partial charge in [-0.2, -0.15) is 0 Å². The Hall–Kier alpha value is -3.06. The first-order valence-electron chi connectivity index (χ1n) is 8.68. The molecule has 0 radical (unpaired) electrons. The third-order valence-electron chi connectivity index (χ3n) is 3.42. The number of carbonyl (C=O) groups is 2.